The minimum atomic E-state index is -1.11. The third-order valence-electron chi connectivity index (χ3n) is 2.55. The van der Waals surface area contributed by atoms with Gasteiger partial charge < -0.3 is 10.4 Å². The lowest BCUT2D eigenvalue weighted by Gasteiger charge is -2.02. The molecule has 0 aliphatic carbocycles. The number of rotatable bonds is 5. The Bertz CT molecular complexity index is 650. The van der Waals surface area contributed by atoms with Gasteiger partial charge in [-0.1, -0.05) is 17.8 Å². The van der Waals surface area contributed by atoms with Crippen molar-refractivity contribution in [3.05, 3.63) is 21.8 Å². The summed E-state index contributed by atoms with van der Waals surface area (Å²) in [5, 5.41) is 15.8. The second-order valence-electron chi connectivity index (χ2n) is 4.03. The van der Waals surface area contributed by atoms with Crippen LogP contribution in [-0.2, 0) is 6.42 Å². The average Bonchev–Trinajstić information content (AvgIpc) is 2.97. The Labute approximate surface area is 123 Å². The fraction of sp³-hybridized carbons (Fsp3) is 0.364. The molecule has 0 bridgehead atoms. The molecule has 2 rings (SSSR count). The summed E-state index contributed by atoms with van der Waals surface area (Å²) in [4.78, 5) is 23.7. The summed E-state index contributed by atoms with van der Waals surface area (Å²) in [6.07, 6.45) is 1.51. The molecule has 0 unspecified atom stereocenters. The molecule has 0 atom stereocenters. The van der Waals surface area contributed by atoms with Gasteiger partial charge in [-0.2, -0.15) is 4.37 Å². The SMILES string of the molecule is CCCc1nnsc1C(=O)Nc1snc(C)c1C(=O)O. The van der Waals surface area contributed by atoms with E-state index in [1.54, 1.807) is 6.92 Å². The predicted octanol–water partition coefficient (Wildman–Crippen LogP) is 2.21. The smallest absolute Gasteiger partial charge is 0.340 e. The number of anilines is 1. The van der Waals surface area contributed by atoms with Gasteiger partial charge in [-0.05, 0) is 36.4 Å². The van der Waals surface area contributed by atoms with Crippen LogP contribution in [0, 0.1) is 6.92 Å². The summed E-state index contributed by atoms with van der Waals surface area (Å²) in [5.74, 6) is -1.50. The topological polar surface area (TPSA) is 105 Å². The molecular formula is C11H12N4O3S2. The minimum absolute atomic E-state index is 0.0258. The van der Waals surface area contributed by atoms with Crippen LogP contribution in [0.3, 0.4) is 0 Å². The number of carbonyl (C=O) groups excluding carboxylic acids is 1. The molecule has 0 aliphatic rings. The zero-order valence-electron chi connectivity index (χ0n) is 10.8. The van der Waals surface area contributed by atoms with E-state index >= 15 is 0 Å². The van der Waals surface area contributed by atoms with Crippen LogP contribution in [0.15, 0.2) is 0 Å². The Morgan fingerprint density at radius 2 is 2.10 bits per heavy atom. The number of nitrogens with one attached hydrogen (secondary N) is 1. The number of carboxylic acid groups (broad SMARTS) is 1. The van der Waals surface area contributed by atoms with E-state index in [2.05, 4.69) is 19.3 Å². The van der Waals surface area contributed by atoms with Gasteiger partial charge in [0.1, 0.15) is 15.4 Å². The summed E-state index contributed by atoms with van der Waals surface area (Å²) in [7, 11) is 0. The number of nitrogens with zero attached hydrogens (tertiary/aromatic N) is 3. The lowest BCUT2D eigenvalue weighted by atomic mass is 10.2. The van der Waals surface area contributed by atoms with Crippen LogP contribution < -0.4 is 5.32 Å². The van der Waals surface area contributed by atoms with Gasteiger partial charge in [-0.25, -0.2) is 4.79 Å². The quantitative estimate of drug-likeness (QED) is 0.877. The van der Waals surface area contributed by atoms with E-state index < -0.39 is 11.9 Å². The maximum absolute atomic E-state index is 12.2. The maximum atomic E-state index is 12.2. The third-order valence-corrected chi connectivity index (χ3v) is 4.17. The molecule has 0 spiro atoms. The van der Waals surface area contributed by atoms with Crippen molar-refractivity contribution >= 4 is 39.9 Å². The second-order valence-corrected chi connectivity index (χ2v) is 5.56. The van der Waals surface area contributed by atoms with Crippen molar-refractivity contribution in [2.45, 2.75) is 26.7 Å². The zero-order chi connectivity index (χ0) is 14.7. The average molecular weight is 312 g/mol. The predicted molar refractivity (Wildman–Crippen MR) is 75.7 cm³/mol. The Balaban J connectivity index is 2.24. The number of hydrogen-bond acceptors (Lipinski definition) is 7. The molecule has 0 aromatic carbocycles. The van der Waals surface area contributed by atoms with Gasteiger partial charge in [-0.3, -0.25) is 4.79 Å². The van der Waals surface area contributed by atoms with E-state index in [0.717, 1.165) is 29.5 Å². The van der Waals surface area contributed by atoms with Crippen molar-refractivity contribution in [3.63, 3.8) is 0 Å². The molecule has 2 heterocycles. The standard InChI is InChI=1S/C11H12N4O3S2/c1-3-4-6-8(19-15-13-6)9(16)12-10-7(11(17)18)5(2)14-20-10/h3-4H2,1-2H3,(H,12,16)(H,17,18). The number of carboxylic acids is 1. The van der Waals surface area contributed by atoms with E-state index in [-0.39, 0.29) is 10.6 Å². The van der Waals surface area contributed by atoms with Crippen molar-refractivity contribution in [1.29, 1.82) is 0 Å². The maximum Gasteiger partial charge on any atom is 0.340 e. The normalized spacial score (nSPS) is 10.5. The monoisotopic (exact) mass is 312 g/mol. The highest BCUT2D eigenvalue weighted by atomic mass is 32.1. The Hall–Kier alpha value is -1.87. The molecule has 2 aromatic heterocycles. The van der Waals surface area contributed by atoms with E-state index in [4.69, 9.17) is 5.11 Å². The molecule has 106 valence electrons. The summed E-state index contributed by atoms with van der Waals surface area (Å²) in [6.45, 7) is 3.57. The van der Waals surface area contributed by atoms with Crippen LogP contribution in [0.2, 0.25) is 0 Å². The molecule has 20 heavy (non-hydrogen) atoms. The van der Waals surface area contributed by atoms with E-state index in [9.17, 15) is 9.59 Å². The van der Waals surface area contributed by atoms with Gasteiger partial charge in [0.2, 0.25) is 0 Å². The zero-order valence-corrected chi connectivity index (χ0v) is 12.5. The number of aromatic carboxylic acids is 1. The largest absolute Gasteiger partial charge is 0.478 e. The molecule has 7 nitrogen and oxygen atoms in total. The van der Waals surface area contributed by atoms with Crippen LogP contribution in [0.25, 0.3) is 0 Å². The number of amides is 1. The summed E-state index contributed by atoms with van der Waals surface area (Å²) < 4.78 is 7.72. The van der Waals surface area contributed by atoms with Gasteiger partial charge in [0.25, 0.3) is 5.91 Å². The lowest BCUT2D eigenvalue weighted by molar-refractivity contribution is 0.0697. The molecule has 0 fully saturated rings. The Morgan fingerprint density at radius 1 is 1.35 bits per heavy atom. The second kappa shape index (κ2) is 6.06. The first-order chi connectivity index (χ1) is 9.54. The van der Waals surface area contributed by atoms with Crippen molar-refractivity contribution in [1.82, 2.24) is 14.0 Å². The van der Waals surface area contributed by atoms with Gasteiger partial charge in [0.05, 0.1) is 11.4 Å². The number of hydrogen-bond donors (Lipinski definition) is 2. The molecule has 0 radical (unpaired) electrons. The first-order valence-electron chi connectivity index (χ1n) is 5.86. The molecule has 0 saturated heterocycles. The highest BCUT2D eigenvalue weighted by Gasteiger charge is 2.22. The van der Waals surface area contributed by atoms with Gasteiger partial charge in [0, 0.05) is 0 Å². The third kappa shape index (κ3) is 2.83. The number of carbonyl (C=O) groups is 2. The van der Waals surface area contributed by atoms with E-state index in [1.165, 1.54) is 0 Å². The van der Waals surface area contributed by atoms with Crippen molar-refractivity contribution < 1.29 is 14.7 Å². The van der Waals surface area contributed by atoms with Crippen LogP contribution in [0.1, 0.15) is 44.8 Å². The van der Waals surface area contributed by atoms with Gasteiger partial charge >= 0.3 is 5.97 Å². The van der Waals surface area contributed by atoms with Crippen LogP contribution in [0.5, 0.6) is 0 Å². The minimum Gasteiger partial charge on any atom is -0.478 e. The molecule has 0 saturated carbocycles. The Morgan fingerprint density at radius 3 is 2.75 bits per heavy atom. The fourth-order valence-electron chi connectivity index (χ4n) is 1.65. The fourth-order valence-corrected chi connectivity index (χ4v) is 3.04. The molecule has 0 aliphatic heterocycles. The van der Waals surface area contributed by atoms with E-state index in [1.807, 2.05) is 6.92 Å². The summed E-state index contributed by atoms with van der Waals surface area (Å²) in [5.41, 5.74) is 1.04. The summed E-state index contributed by atoms with van der Waals surface area (Å²) >= 11 is 1.95. The number of aryl methyl sites for hydroxylation is 2. The molecular weight excluding hydrogens is 300 g/mol. The molecule has 1 amide bonds. The number of aromatic nitrogens is 3. The Kier molecular flexibility index (Phi) is 4.40. The van der Waals surface area contributed by atoms with Crippen LogP contribution >= 0.6 is 23.1 Å². The van der Waals surface area contributed by atoms with Crippen LogP contribution in [-0.4, -0.2) is 30.9 Å². The first kappa shape index (κ1) is 14.5. The van der Waals surface area contributed by atoms with Crippen LogP contribution in [0.4, 0.5) is 5.00 Å². The summed E-state index contributed by atoms with van der Waals surface area (Å²) in [6, 6.07) is 0. The molecule has 9 heteroatoms. The highest BCUT2D eigenvalue weighted by molar-refractivity contribution is 7.11. The van der Waals surface area contributed by atoms with Crippen molar-refractivity contribution in [2.75, 3.05) is 5.32 Å². The first-order valence-corrected chi connectivity index (χ1v) is 7.41. The van der Waals surface area contributed by atoms with E-state index in [0.29, 0.717) is 22.7 Å². The molecule has 2 aromatic rings. The van der Waals surface area contributed by atoms with Gasteiger partial charge in [-0.15, -0.1) is 5.10 Å². The van der Waals surface area contributed by atoms with Gasteiger partial charge in [0.15, 0.2) is 0 Å². The van der Waals surface area contributed by atoms with Crippen molar-refractivity contribution in [2.24, 2.45) is 0 Å². The molecule has 2 N–H and O–H groups in total. The van der Waals surface area contributed by atoms with Crippen molar-refractivity contribution in [3.8, 4) is 0 Å². The highest BCUT2D eigenvalue weighted by Crippen LogP contribution is 2.25. The lowest BCUT2D eigenvalue weighted by Crippen LogP contribution is -2.14.